The van der Waals surface area contributed by atoms with Gasteiger partial charge in [-0.2, -0.15) is 0 Å². The van der Waals surface area contributed by atoms with Crippen LogP contribution < -0.4 is 9.64 Å². The number of benzene rings is 2. The van der Waals surface area contributed by atoms with Crippen LogP contribution in [0.2, 0.25) is 0 Å². The molecule has 0 fully saturated rings. The lowest BCUT2D eigenvalue weighted by molar-refractivity contribution is 0.0996. The molecule has 110 valence electrons. The Labute approximate surface area is 126 Å². The standard InChI is InChI=1S/C18H21NO2/c1-4-19(16-11-7-5-9-14(16)2)13-17(20)15-10-6-8-12-18(15)21-3/h5-12H,4,13H2,1-3H3. The number of carbonyl (C=O) groups excluding carboxylic acids is 1. The molecular formula is C18H21NO2. The monoisotopic (exact) mass is 283 g/mol. The largest absolute Gasteiger partial charge is 0.496 e. The SMILES string of the molecule is CCN(CC(=O)c1ccccc1OC)c1ccccc1C. The fourth-order valence-electron chi connectivity index (χ4n) is 2.42. The molecule has 3 heteroatoms. The molecule has 0 aliphatic carbocycles. The van der Waals surface area contributed by atoms with Gasteiger partial charge in [-0.25, -0.2) is 0 Å². The van der Waals surface area contributed by atoms with Crippen molar-refractivity contribution in [1.82, 2.24) is 0 Å². The molecule has 0 aliphatic rings. The molecule has 3 nitrogen and oxygen atoms in total. The molecule has 0 radical (unpaired) electrons. The molecule has 0 saturated carbocycles. The molecule has 2 rings (SSSR count). The van der Waals surface area contributed by atoms with Crippen molar-refractivity contribution in [2.24, 2.45) is 0 Å². The first-order chi connectivity index (χ1) is 10.2. The Morgan fingerprint density at radius 3 is 2.43 bits per heavy atom. The second-order valence-corrected chi connectivity index (χ2v) is 4.92. The number of ether oxygens (including phenoxy) is 1. The highest BCUT2D eigenvalue weighted by Crippen LogP contribution is 2.22. The maximum Gasteiger partial charge on any atom is 0.185 e. The van der Waals surface area contributed by atoms with Gasteiger partial charge in [-0.3, -0.25) is 4.79 Å². The number of likely N-dealkylation sites (N-methyl/N-ethyl adjacent to an activating group) is 1. The van der Waals surface area contributed by atoms with Crippen molar-refractivity contribution in [2.75, 3.05) is 25.1 Å². The van der Waals surface area contributed by atoms with Gasteiger partial charge in [-0.05, 0) is 37.6 Å². The Bertz CT molecular complexity index is 622. The van der Waals surface area contributed by atoms with Crippen molar-refractivity contribution in [1.29, 1.82) is 0 Å². The van der Waals surface area contributed by atoms with Crippen LogP contribution in [-0.4, -0.2) is 26.0 Å². The van der Waals surface area contributed by atoms with Crippen LogP contribution in [0.25, 0.3) is 0 Å². The van der Waals surface area contributed by atoms with E-state index in [0.717, 1.165) is 12.2 Å². The Morgan fingerprint density at radius 2 is 1.76 bits per heavy atom. The summed E-state index contributed by atoms with van der Waals surface area (Å²) in [6.45, 7) is 5.25. The molecule has 0 bridgehead atoms. The van der Waals surface area contributed by atoms with Crippen LogP contribution in [0.5, 0.6) is 5.75 Å². The van der Waals surface area contributed by atoms with E-state index in [1.54, 1.807) is 7.11 Å². The number of ketones is 1. The molecule has 0 heterocycles. The zero-order chi connectivity index (χ0) is 15.2. The first kappa shape index (κ1) is 15.1. The van der Waals surface area contributed by atoms with Gasteiger partial charge in [0.05, 0.1) is 19.2 Å². The van der Waals surface area contributed by atoms with Crippen LogP contribution in [0.1, 0.15) is 22.8 Å². The van der Waals surface area contributed by atoms with E-state index in [4.69, 9.17) is 4.74 Å². The second kappa shape index (κ2) is 6.93. The molecule has 0 aromatic heterocycles. The van der Waals surface area contributed by atoms with E-state index in [2.05, 4.69) is 24.8 Å². The van der Waals surface area contributed by atoms with E-state index in [1.165, 1.54) is 5.56 Å². The van der Waals surface area contributed by atoms with E-state index >= 15 is 0 Å². The number of anilines is 1. The summed E-state index contributed by atoms with van der Waals surface area (Å²) < 4.78 is 5.27. The third kappa shape index (κ3) is 3.43. The number of rotatable bonds is 6. The minimum Gasteiger partial charge on any atom is -0.496 e. The first-order valence-electron chi connectivity index (χ1n) is 7.14. The van der Waals surface area contributed by atoms with E-state index in [1.807, 2.05) is 42.5 Å². The third-order valence-corrected chi connectivity index (χ3v) is 3.58. The lowest BCUT2D eigenvalue weighted by Crippen LogP contribution is -2.30. The maximum atomic E-state index is 12.6. The Balaban J connectivity index is 2.23. The van der Waals surface area contributed by atoms with E-state index < -0.39 is 0 Å². The summed E-state index contributed by atoms with van der Waals surface area (Å²) in [7, 11) is 1.59. The fourth-order valence-corrected chi connectivity index (χ4v) is 2.42. The molecule has 21 heavy (non-hydrogen) atoms. The van der Waals surface area contributed by atoms with Crippen LogP contribution in [-0.2, 0) is 0 Å². The van der Waals surface area contributed by atoms with Crippen molar-refractivity contribution in [3.05, 3.63) is 59.7 Å². The molecule has 0 N–H and O–H groups in total. The normalized spacial score (nSPS) is 10.2. The predicted octanol–water partition coefficient (Wildman–Crippen LogP) is 3.71. The Kier molecular flexibility index (Phi) is 4.99. The van der Waals surface area contributed by atoms with Crippen LogP contribution in [0, 0.1) is 6.92 Å². The average Bonchev–Trinajstić information content (AvgIpc) is 2.53. The van der Waals surface area contributed by atoms with E-state index in [-0.39, 0.29) is 5.78 Å². The van der Waals surface area contributed by atoms with E-state index in [0.29, 0.717) is 17.9 Å². The molecule has 0 atom stereocenters. The van der Waals surface area contributed by atoms with Gasteiger partial charge in [0.1, 0.15) is 5.75 Å². The first-order valence-corrected chi connectivity index (χ1v) is 7.14. The molecular weight excluding hydrogens is 262 g/mol. The number of aryl methyl sites for hydroxylation is 1. The summed E-state index contributed by atoms with van der Waals surface area (Å²) in [5, 5.41) is 0. The number of hydrogen-bond donors (Lipinski definition) is 0. The smallest absolute Gasteiger partial charge is 0.185 e. The Morgan fingerprint density at radius 1 is 1.10 bits per heavy atom. The van der Waals surface area contributed by atoms with Gasteiger partial charge in [0.15, 0.2) is 5.78 Å². The summed E-state index contributed by atoms with van der Waals surface area (Å²) in [5.74, 6) is 0.695. The fraction of sp³-hybridized carbons (Fsp3) is 0.278. The van der Waals surface area contributed by atoms with Crippen molar-refractivity contribution < 1.29 is 9.53 Å². The number of para-hydroxylation sites is 2. The lowest BCUT2D eigenvalue weighted by atomic mass is 10.1. The summed E-state index contributed by atoms with van der Waals surface area (Å²) in [6.07, 6.45) is 0. The summed E-state index contributed by atoms with van der Waals surface area (Å²) in [6, 6.07) is 15.5. The highest BCUT2D eigenvalue weighted by atomic mass is 16.5. The number of hydrogen-bond acceptors (Lipinski definition) is 3. The van der Waals surface area contributed by atoms with Crippen molar-refractivity contribution in [3.8, 4) is 5.75 Å². The molecule has 0 aliphatic heterocycles. The molecule has 0 saturated heterocycles. The topological polar surface area (TPSA) is 29.5 Å². The maximum absolute atomic E-state index is 12.6. The Hall–Kier alpha value is -2.29. The highest BCUT2D eigenvalue weighted by molar-refractivity contribution is 6.01. The van der Waals surface area contributed by atoms with Gasteiger partial charge < -0.3 is 9.64 Å². The zero-order valence-electron chi connectivity index (χ0n) is 12.8. The van der Waals surface area contributed by atoms with Gasteiger partial charge >= 0.3 is 0 Å². The molecule has 0 amide bonds. The van der Waals surface area contributed by atoms with Crippen molar-refractivity contribution in [2.45, 2.75) is 13.8 Å². The number of Topliss-reactive ketones (excluding diaryl/α,β-unsaturated/α-hetero) is 1. The minimum atomic E-state index is 0.0672. The third-order valence-electron chi connectivity index (χ3n) is 3.58. The van der Waals surface area contributed by atoms with Gasteiger partial charge in [-0.15, -0.1) is 0 Å². The van der Waals surface area contributed by atoms with Crippen molar-refractivity contribution >= 4 is 11.5 Å². The van der Waals surface area contributed by atoms with Crippen molar-refractivity contribution in [3.63, 3.8) is 0 Å². The van der Waals surface area contributed by atoms with Gasteiger partial charge in [0.25, 0.3) is 0 Å². The van der Waals surface area contributed by atoms with E-state index in [9.17, 15) is 4.79 Å². The quantitative estimate of drug-likeness (QED) is 0.757. The molecule has 0 spiro atoms. The van der Waals surface area contributed by atoms with Crippen LogP contribution in [0.3, 0.4) is 0 Å². The van der Waals surface area contributed by atoms with Crippen LogP contribution in [0.4, 0.5) is 5.69 Å². The minimum absolute atomic E-state index is 0.0672. The van der Waals surface area contributed by atoms with Gasteiger partial charge in [-0.1, -0.05) is 30.3 Å². The van der Waals surface area contributed by atoms with Crippen LogP contribution >= 0.6 is 0 Å². The van der Waals surface area contributed by atoms with Crippen LogP contribution in [0.15, 0.2) is 48.5 Å². The lowest BCUT2D eigenvalue weighted by Gasteiger charge is -2.24. The van der Waals surface area contributed by atoms with Gasteiger partial charge in [0, 0.05) is 12.2 Å². The average molecular weight is 283 g/mol. The van der Waals surface area contributed by atoms with Gasteiger partial charge in [0.2, 0.25) is 0 Å². The molecule has 2 aromatic rings. The second-order valence-electron chi connectivity index (χ2n) is 4.92. The number of nitrogens with zero attached hydrogens (tertiary/aromatic N) is 1. The summed E-state index contributed by atoms with van der Waals surface area (Å²) in [4.78, 5) is 14.6. The molecule has 2 aromatic carbocycles. The summed E-state index contributed by atoms with van der Waals surface area (Å²) >= 11 is 0. The zero-order valence-corrected chi connectivity index (χ0v) is 12.8. The molecule has 0 unspecified atom stereocenters. The number of methoxy groups -OCH3 is 1. The number of carbonyl (C=O) groups is 1. The highest BCUT2D eigenvalue weighted by Gasteiger charge is 2.16. The summed E-state index contributed by atoms with van der Waals surface area (Å²) in [5.41, 5.74) is 2.91. The predicted molar refractivity (Wildman–Crippen MR) is 86.4 cm³/mol.